The molecular weight excluding hydrogens is 338 g/mol. The fraction of sp³-hybridized carbons (Fsp3) is 0.579. The summed E-state index contributed by atoms with van der Waals surface area (Å²) in [5.41, 5.74) is 1.20. The van der Waals surface area contributed by atoms with Crippen molar-refractivity contribution < 1.29 is 9.59 Å². The molecule has 0 unspecified atom stereocenters. The first-order valence-electron chi connectivity index (χ1n) is 8.94. The molecule has 1 saturated heterocycles. The normalized spacial score (nSPS) is 14.7. The van der Waals surface area contributed by atoms with Crippen LogP contribution in [-0.2, 0) is 16.0 Å². The van der Waals surface area contributed by atoms with Gasteiger partial charge in [0.15, 0.2) is 0 Å². The zero-order valence-electron chi connectivity index (χ0n) is 15.0. The van der Waals surface area contributed by atoms with Crippen molar-refractivity contribution in [2.75, 3.05) is 33.2 Å². The smallest absolute Gasteiger partial charge is 0.223 e. The van der Waals surface area contributed by atoms with E-state index in [9.17, 15) is 9.59 Å². The Kier molecular flexibility index (Phi) is 10.2. The van der Waals surface area contributed by atoms with Gasteiger partial charge in [-0.3, -0.25) is 9.59 Å². The lowest BCUT2D eigenvalue weighted by Crippen LogP contribution is -2.43. The van der Waals surface area contributed by atoms with E-state index in [2.05, 4.69) is 22.8 Å². The molecule has 1 heterocycles. The van der Waals surface area contributed by atoms with Gasteiger partial charge in [-0.05, 0) is 44.8 Å². The fourth-order valence-electron chi connectivity index (χ4n) is 3.07. The van der Waals surface area contributed by atoms with Crippen LogP contribution in [0.2, 0.25) is 0 Å². The zero-order chi connectivity index (χ0) is 17.2. The van der Waals surface area contributed by atoms with Crippen molar-refractivity contribution in [3.63, 3.8) is 0 Å². The van der Waals surface area contributed by atoms with Crippen LogP contribution in [-0.4, -0.2) is 49.9 Å². The van der Waals surface area contributed by atoms with Crippen LogP contribution in [0.25, 0.3) is 0 Å². The van der Waals surface area contributed by atoms with Crippen LogP contribution in [0, 0.1) is 5.92 Å². The molecule has 0 atom stereocenters. The van der Waals surface area contributed by atoms with Crippen molar-refractivity contribution in [3.05, 3.63) is 35.9 Å². The summed E-state index contributed by atoms with van der Waals surface area (Å²) in [7, 11) is 1.91. The number of carbonyl (C=O) groups is 2. The molecule has 0 aliphatic carbocycles. The van der Waals surface area contributed by atoms with E-state index in [1.54, 1.807) is 0 Å². The van der Waals surface area contributed by atoms with Gasteiger partial charge in [0.1, 0.15) is 0 Å². The van der Waals surface area contributed by atoms with E-state index in [1.807, 2.05) is 30.1 Å². The molecule has 0 spiro atoms. The number of aryl methyl sites for hydroxylation is 1. The average molecular weight is 368 g/mol. The second kappa shape index (κ2) is 11.9. The first-order chi connectivity index (χ1) is 11.7. The Labute approximate surface area is 157 Å². The highest BCUT2D eigenvalue weighted by atomic mass is 35.5. The van der Waals surface area contributed by atoms with Gasteiger partial charge in [-0.2, -0.15) is 0 Å². The standard InChI is InChI=1S/C19H29N3O2.ClH/c1-20-12-5-13-21-19(24)17-10-14-22(15-11-17)18(23)9-8-16-6-3-2-4-7-16;/h2-4,6-7,17,20H,5,8-15H2,1H3,(H,21,24);1H. The molecule has 5 nitrogen and oxygen atoms in total. The van der Waals surface area contributed by atoms with Crippen LogP contribution in [0.1, 0.15) is 31.2 Å². The van der Waals surface area contributed by atoms with Crippen LogP contribution >= 0.6 is 12.4 Å². The van der Waals surface area contributed by atoms with E-state index in [0.717, 1.165) is 38.8 Å². The summed E-state index contributed by atoms with van der Waals surface area (Å²) in [5, 5.41) is 6.06. The van der Waals surface area contributed by atoms with Crippen LogP contribution in [0.15, 0.2) is 30.3 Å². The molecule has 1 fully saturated rings. The summed E-state index contributed by atoms with van der Waals surface area (Å²) in [4.78, 5) is 26.3. The number of benzene rings is 1. The summed E-state index contributed by atoms with van der Waals surface area (Å²) < 4.78 is 0. The summed E-state index contributed by atoms with van der Waals surface area (Å²) in [5.74, 6) is 0.395. The molecule has 0 radical (unpaired) electrons. The second-order valence-corrected chi connectivity index (χ2v) is 6.39. The van der Waals surface area contributed by atoms with Crippen LogP contribution in [0.3, 0.4) is 0 Å². The topological polar surface area (TPSA) is 61.4 Å². The van der Waals surface area contributed by atoms with Crippen molar-refractivity contribution in [3.8, 4) is 0 Å². The summed E-state index contributed by atoms with van der Waals surface area (Å²) in [6.45, 7) is 3.02. The molecule has 2 rings (SSSR count). The summed E-state index contributed by atoms with van der Waals surface area (Å²) >= 11 is 0. The van der Waals surface area contributed by atoms with Crippen molar-refractivity contribution in [1.29, 1.82) is 0 Å². The molecule has 6 heteroatoms. The predicted octanol–water partition coefficient (Wildman–Crippen LogP) is 2.01. The van der Waals surface area contributed by atoms with Gasteiger partial charge < -0.3 is 15.5 Å². The maximum absolute atomic E-state index is 12.3. The quantitative estimate of drug-likeness (QED) is 0.691. The van der Waals surface area contributed by atoms with Gasteiger partial charge in [-0.25, -0.2) is 0 Å². The van der Waals surface area contributed by atoms with Crippen LogP contribution in [0.5, 0.6) is 0 Å². The number of hydrogen-bond acceptors (Lipinski definition) is 3. The number of amides is 2. The third-order valence-electron chi connectivity index (χ3n) is 4.59. The summed E-state index contributed by atoms with van der Waals surface area (Å²) in [6, 6.07) is 10.1. The molecule has 0 aromatic heterocycles. The van der Waals surface area contributed by atoms with E-state index < -0.39 is 0 Å². The fourth-order valence-corrected chi connectivity index (χ4v) is 3.07. The van der Waals surface area contributed by atoms with E-state index in [-0.39, 0.29) is 30.1 Å². The second-order valence-electron chi connectivity index (χ2n) is 6.39. The Morgan fingerprint density at radius 3 is 2.44 bits per heavy atom. The lowest BCUT2D eigenvalue weighted by atomic mass is 9.95. The molecule has 0 saturated carbocycles. The molecule has 1 aromatic rings. The number of rotatable bonds is 8. The molecule has 1 aliphatic rings. The number of hydrogen-bond donors (Lipinski definition) is 2. The van der Waals surface area contributed by atoms with E-state index in [0.29, 0.717) is 19.5 Å². The van der Waals surface area contributed by atoms with Crippen molar-refractivity contribution >= 4 is 24.2 Å². The highest BCUT2D eigenvalue weighted by molar-refractivity contribution is 5.85. The first kappa shape index (κ1) is 21.5. The number of carbonyl (C=O) groups excluding carboxylic acids is 2. The first-order valence-corrected chi connectivity index (χ1v) is 8.94. The van der Waals surface area contributed by atoms with Gasteiger partial charge in [-0.1, -0.05) is 30.3 Å². The maximum Gasteiger partial charge on any atom is 0.223 e. The Balaban J connectivity index is 0.00000312. The monoisotopic (exact) mass is 367 g/mol. The molecule has 25 heavy (non-hydrogen) atoms. The predicted molar refractivity (Wildman–Crippen MR) is 103 cm³/mol. The largest absolute Gasteiger partial charge is 0.356 e. The third-order valence-corrected chi connectivity index (χ3v) is 4.59. The van der Waals surface area contributed by atoms with Crippen molar-refractivity contribution in [2.24, 2.45) is 5.92 Å². The molecule has 1 aliphatic heterocycles. The van der Waals surface area contributed by atoms with Gasteiger partial charge in [-0.15, -0.1) is 12.4 Å². The molecule has 1 aromatic carbocycles. The van der Waals surface area contributed by atoms with Crippen molar-refractivity contribution in [1.82, 2.24) is 15.5 Å². The van der Waals surface area contributed by atoms with Gasteiger partial charge >= 0.3 is 0 Å². The van der Waals surface area contributed by atoms with E-state index >= 15 is 0 Å². The minimum Gasteiger partial charge on any atom is -0.356 e. The molecular formula is C19H30ClN3O2. The molecule has 2 amide bonds. The minimum absolute atomic E-state index is 0. The molecule has 2 N–H and O–H groups in total. The van der Waals surface area contributed by atoms with Gasteiger partial charge in [0.05, 0.1) is 0 Å². The summed E-state index contributed by atoms with van der Waals surface area (Å²) in [6.07, 6.45) is 3.82. The highest BCUT2D eigenvalue weighted by Crippen LogP contribution is 2.18. The minimum atomic E-state index is 0. The van der Waals surface area contributed by atoms with Gasteiger partial charge in [0, 0.05) is 32.0 Å². The van der Waals surface area contributed by atoms with Gasteiger partial charge in [0.25, 0.3) is 0 Å². The lowest BCUT2D eigenvalue weighted by Gasteiger charge is -2.31. The van der Waals surface area contributed by atoms with E-state index in [4.69, 9.17) is 0 Å². The molecule has 0 bridgehead atoms. The maximum atomic E-state index is 12.3. The number of nitrogens with zero attached hydrogens (tertiary/aromatic N) is 1. The number of likely N-dealkylation sites (tertiary alicyclic amines) is 1. The van der Waals surface area contributed by atoms with Crippen LogP contribution < -0.4 is 10.6 Å². The Morgan fingerprint density at radius 2 is 1.80 bits per heavy atom. The zero-order valence-corrected chi connectivity index (χ0v) is 15.8. The Bertz CT molecular complexity index is 517. The number of nitrogens with one attached hydrogen (secondary N) is 2. The van der Waals surface area contributed by atoms with Crippen LogP contribution in [0.4, 0.5) is 0 Å². The highest BCUT2D eigenvalue weighted by Gasteiger charge is 2.26. The SMILES string of the molecule is CNCCCNC(=O)C1CCN(C(=O)CCc2ccccc2)CC1.Cl. The molecule has 140 valence electrons. The lowest BCUT2D eigenvalue weighted by molar-refractivity contribution is -0.135. The number of halogens is 1. The van der Waals surface area contributed by atoms with Gasteiger partial charge in [0.2, 0.25) is 11.8 Å². The van der Waals surface area contributed by atoms with E-state index in [1.165, 1.54) is 5.56 Å². The number of piperidine rings is 1. The van der Waals surface area contributed by atoms with Crippen molar-refractivity contribution in [2.45, 2.75) is 32.1 Å². The Morgan fingerprint density at radius 1 is 1.12 bits per heavy atom. The average Bonchev–Trinajstić information content (AvgIpc) is 2.64. The Hall–Kier alpha value is -1.59. The third kappa shape index (κ3) is 7.45.